The topological polar surface area (TPSA) is 105 Å². The van der Waals surface area contributed by atoms with Crippen LogP contribution in [-0.4, -0.2) is 60.8 Å². The Hall–Kier alpha value is -2.84. The molecular weight excluding hydrogens is 444 g/mol. The van der Waals surface area contributed by atoms with E-state index in [1.165, 1.54) is 19.3 Å². The molecule has 2 aliphatic heterocycles. The molecule has 4 heterocycles. The first-order valence-corrected chi connectivity index (χ1v) is 13.1. The number of pyridine rings is 1. The van der Waals surface area contributed by atoms with Gasteiger partial charge < -0.3 is 20.2 Å². The average molecular weight is 483 g/mol. The van der Waals surface area contributed by atoms with Crippen LogP contribution in [0, 0.1) is 5.41 Å². The minimum atomic E-state index is -0.838. The van der Waals surface area contributed by atoms with E-state index in [-0.39, 0.29) is 23.1 Å². The van der Waals surface area contributed by atoms with E-state index in [1.807, 2.05) is 17.1 Å². The van der Waals surface area contributed by atoms with Crippen LogP contribution in [0.2, 0.25) is 0 Å². The Kier molecular flexibility index (Phi) is 6.13. The number of anilines is 1. The molecule has 5 rings (SSSR count). The molecule has 190 valence electrons. The summed E-state index contributed by atoms with van der Waals surface area (Å²) in [6.45, 7) is 9.67. The highest BCUT2D eigenvalue weighted by atomic mass is 16.7. The number of rotatable bonds is 4. The molecule has 1 saturated carbocycles. The SMILES string of the molecule is CCn1ncc2c(NC3CCN(C(=O)O)C(C(C)(C)C)C3)c(C3=NOC4(CCCCC4)C3)cnc21. The lowest BCUT2D eigenvalue weighted by Gasteiger charge is -2.45. The monoisotopic (exact) mass is 482 g/mol. The van der Waals surface area contributed by atoms with Crippen molar-refractivity contribution in [1.82, 2.24) is 19.7 Å². The zero-order valence-corrected chi connectivity index (χ0v) is 21.4. The fourth-order valence-electron chi connectivity index (χ4n) is 6.11. The van der Waals surface area contributed by atoms with Gasteiger partial charge in [-0.3, -0.25) is 0 Å². The average Bonchev–Trinajstić information content (AvgIpc) is 3.43. The quantitative estimate of drug-likeness (QED) is 0.617. The van der Waals surface area contributed by atoms with Crippen LogP contribution >= 0.6 is 0 Å². The van der Waals surface area contributed by atoms with Gasteiger partial charge in [0.15, 0.2) is 5.65 Å². The van der Waals surface area contributed by atoms with Crippen LogP contribution in [0.25, 0.3) is 11.0 Å². The molecule has 2 unspecified atom stereocenters. The third-order valence-electron chi connectivity index (χ3n) is 8.08. The molecule has 1 aliphatic carbocycles. The third-order valence-corrected chi connectivity index (χ3v) is 8.08. The molecule has 35 heavy (non-hydrogen) atoms. The number of fused-ring (bicyclic) bond motifs is 1. The highest BCUT2D eigenvalue weighted by Gasteiger charge is 2.42. The van der Waals surface area contributed by atoms with Crippen molar-refractivity contribution in [3.8, 4) is 0 Å². The first kappa shape index (κ1) is 23.9. The first-order chi connectivity index (χ1) is 16.7. The zero-order chi connectivity index (χ0) is 24.8. The van der Waals surface area contributed by atoms with Gasteiger partial charge in [-0.1, -0.05) is 32.3 Å². The van der Waals surface area contributed by atoms with E-state index in [9.17, 15) is 9.90 Å². The maximum atomic E-state index is 11.9. The summed E-state index contributed by atoms with van der Waals surface area (Å²) in [6.07, 6.45) is 11.0. The minimum Gasteiger partial charge on any atom is -0.465 e. The van der Waals surface area contributed by atoms with Gasteiger partial charge in [0, 0.05) is 43.4 Å². The van der Waals surface area contributed by atoms with Gasteiger partial charge in [0.2, 0.25) is 0 Å². The first-order valence-electron chi connectivity index (χ1n) is 13.1. The number of aromatic nitrogens is 3. The van der Waals surface area contributed by atoms with Crippen molar-refractivity contribution in [2.24, 2.45) is 10.6 Å². The molecule has 1 spiro atoms. The summed E-state index contributed by atoms with van der Waals surface area (Å²) in [6, 6.07) is 0.0683. The van der Waals surface area contributed by atoms with Gasteiger partial charge in [0.25, 0.3) is 0 Å². The standard InChI is InChI=1S/C26H38N6O3/c1-5-32-23-19(16-28-32)22(29-17-9-12-31(24(33)34)21(13-17)25(2,3)4)18(15-27-23)20-14-26(35-30-20)10-7-6-8-11-26/h15-17,21H,5-14H2,1-4H3,(H,27,29)(H,33,34). The second kappa shape index (κ2) is 8.99. The van der Waals surface area contributed by atoms with Crippen molar-refractivity contribution in [3.05, 3.63) is 18.0 Å². The van der Waals surface area contributed by atoms with Crippen LogP contribution in [0.1, 0.15) is 84.6 Å². The third kappa shape index (κ3) is 4.45. The fraction of sp³-hybridized carbons (Fsp3) is 0.692. The second-order valence-corrected chi connectivity index (χ2v) is 11.5. The molecule has 2 atom stereocenters. The van der Waals surface area contributed by atoms with Crippen molar-refractivity contribution >= 4 is 28.5 Å². The number of nitrogens with zero attached hydrogens (tertiary/aromatic N) is 5. The van der Waals surface area contributed by atoms with Gasteiger partial charge in [-0.05, 0) is 50.9 Å². The van der Waals surface area contributed by atoms with E-state index in [0.29, 0.717) is 6.54 Å². The van der Waals surface area contributed by atoms with E-state index in [2.05, 4.69) is 43.3 Å². The second-order valence-electron chi connectivity index (χ2n) is 11.5. The number of hydrogen-bond acceptors (Lipinski definition) is 6. The Bertz CT molecular complexity index is 1130. The van der Waals surface area contributed by atoms with Crippen LogP contribution in [0.5, 0.6) is 0 Å². The molecule has 0 radical (unpaired) electrons. The van der Waals surface area contributed by atoms with Crippen LogP contribution in [0.4, 0.5) is 10.5 Å². The molecule has 0 aromatic carbocycles. The van der Waals surface area contributed by atoms with Crippen LogP contribution in [0.3, 0.4) is 0 Å². The predicted molar refractivity (Wildman–Crippen MR) is 136 cm³/mol. The van der Waals surface area contributed by atoms with Crippen molar-refractivity contribution in [1.29, 1.82) is 0 Å². The Morgan fingerprint density at radius 2 is 2.03 bits per heavy atom. The van der Waals surface area contributed by atoms with E-state index in [0.717, 1.165) is 66.6 Å². The number of aryl methyl sites for hydroxylation is 1. The summed E-state index contributed by atoms with van der Waals surface area (Å²) in [5, 5.41) is 23.7. The summed E-state index contributed by atoms with van der Waals surface area (Å²) in [4.78, 5) is 24.4. The summed E-state index contributed by atoms with van der Waals surface area (Å²) < 4.78 is 1.91. The van der Waals surface area contributed by atoms with Gasteiger partial charge in [0.05, 0.1) is 23.0 Å². The Labute approximate surface area is 206 Å². The molecule has 0 bridgehead atoms. The lowest BCUT2D eigenvalue weighted by atomic mass is 9.79. The van der Waals surface area contributed by atoms with Crippen LogP contribution < -0.4 is 5.32 Å². The highest BCUT2D eigenvalue weighted by Crippen LogP contribution is 2.42. The molecule has 3 aliphatic rings. The van der Waals surface area contributed by atoms with Crippen molar-refractivity contribution in [2.45, 2.75) is 103 Å². The van der Waals surface area contributed by atoms with Crippen molar-refractivity contribution < 1.29 is 14.7 Å². The van der Waals surface area contributed by atoms with E-state index < -0.39 is 6.09 Å². The number of likely N-dealkylation sites (tertiary alicyclic amines) is 1. The summed E-state index contributed by atoms with van der Waals surface area (Å²) in [5.74, 6) is 0. The van der Waals surface area contributed by atoms with Crippen LogP contribution in [-0.2, 0) is 11.4 Å². The number of hydrogen-bond donors (Lipinski definition) is 2. The summed E-state index contributed by atoms with van der Waals surface area (Å²) >= 11 is 0. The molecule has 1 saturated heterocycles. The number of nitrogens with one attached hydrogen (secondary N) is 1. The van der Waals surface area contributed by atoms with Gasteiger partial charge in [0.1, 0.15) is 5.60 Å². The highest BCUT2D eigenvalue weighted by molar-refractivity contribution is 6.10. The molecular formula is C26H38N6O3. The van der Waals surface area contributed by atoms with Gasteiger partial charge in [-0.25, -0.2) is 14.5 Å². The molecule has 2 fully saturated rings. The minimum absolute atomic E-state index is 0.0666. The van der Waals surface area contributed by atoms with E-state index in [1.54, 1.807) is 4.90 Å². The molecule has 9 heteroatoms. The van der Waals surface area contributed by atoms with Crippen molar-refractivity contribution in [3.63, 3.8) is 0 Å². The smallest absolute Gasteiger partial charge is 0.407 e. The number of carboxylic acid groups (broad SMARTS) is 1. The maximum Gasteiger partial charge on any atom is 0.407 e. The summed E-state index contributed by atoms with van der Waals surface area (Å²) in [5.41, 5.74) is 3.44. The van der Waals surface area contributed by atoms with Crippen LogP contribution in [0.15, 0.2) is 17.5 Å². The van der Waals surface area contributed by atoms with Gasteiger partial charge in [-0.2, -0.15) is 5.10 Å². The normalized spacial score (nSPS) is 24.5. The lowest BCUT2D eigenvalue weighted by molar-refractivity contribution is -0.0449. The Morgan fingerprint density at radius 1 is 1.26 bits per heavy atom. The number of carbonyl (C=O) groups is 1. The zero-order valence-electron chi connectivity index (χ0n) is 21.4. The summed E-state index contributed by atoms with van der Waals surface area (Å²) in [7, 11) is 0. The van der Waals surface area contributed by atoms with E-state index >= 15 is 0 Å². The number of piperidine rings is 1. The molecule has 2 aromatic rings. The van der Waals surface area contributed by atoms with Gasteiger partial charge >= 0.3 is 6.09 Å². The maximum absolute atomic E-state index is 11.9. The Morgan fingerprint density at radius 3 is 2.71 bits per heavy atom. The molecule has 9 nitrogen and oxygen atoms in total. The Balaban J connectivity index is 1.48. The molecule has 1 amide bonds. The lowest BCUT2D eigenvalue weighted by Crippen LogP contribution is -2.54. The number of oxime groups is 1. The predicted octanol–water partition coefficient (Wildman–Crippen LogP) is 5.25. The number of amides is 1. The largest absolute Gasteiger partial charge is 0.465 e. The van der Waals surface area contributed by atoms with E-state index in [4.69, 9.17) is 9.82 Å². The molecule has 2 N–H and O–H groups in total. The van der Waals surface area contributed by atoms with Crippen molar-refractivity contribution in [2.75, 3.05) is 11.9 Å². The fourth-order valence-corrected chi connectivity index (χ4v) is 6.11. The molecule has 2 aromatic heterocycles. The van der Waals surface area contributed by atoms with Gasteiger partial charge in [-0.15, -0.1) is 0 Å².